The zero-order chi connectivity index (χ0) is 30.4. The first kappa shape index (κ1) is 30.5. The molecule has 0 unspecified atom stereocenters. The van der Waals surface area contributed by atoms with Crippen molar-refractivity contribution < 1.29 is 22.6 Å². The van der Waals surface area contributed by atoms with Crippen LogP contribution in [0, 0.1) is 0 Å². The summed E-state index contributed by atoms with van der Waals surface area (Å²) in [6.45, 7) is 8.38. The average molecular weight is 628 g/mol. The van der Waals surface area contributed by atoms with E-state index >= 15 is 0 Å². The summed E-state index contributed by atoms with van der Waals surface area (Å²) in [6.07, 6.45) is 9.46. The van der Waals surface area contributed by atoms with Gasteiger partial charge in [-0.3, -0.25) is 14.6 Å². The zero-order valence-corrected chi connectivity index (χ0v) is 25.9. The number of hydrogen-bond acceptors (Lipinski definition) is 13. The second-order valence-corrected chi connectivity index (χ2v) is 13.2. The molecule has 2 saturated heterocycles. The van der Waals surface area contributed by atoms with Crippen LogP contribution >= 0.6 is 0 Å². The molecule has 5 heterocycles. The Morgan fingerprint density at radius 2 is 1.75 bits per heavy atom. The van der Waals surface area contributed by atoms with Crippen LogP contribution in [0.15, 0.2) is 30.7 Å². The minimum atomic E-state index is -3.46. The fourth-order valence-corrected chi connectivity index (χ4v) is 6.29. The molecule has 0 radical (unpaired) electrons. The normalized spacial score (nSPS) is 21.6. The third-order valence-corrected chi connectivity index (χ3v) is 8.68. The summed E-state index contributed by atoms with van der Waals surface area (Å²) in [5, 5.41) is 7.48. The van der Waals surface area contributed by atoms with Crippen molar-refractivity contribution in [2.24, 2.45) is 0 Å². The molecule has 15 heteroatoms. The van der Waals surface area contributed by atoms with E-state index < -0.39 is 10.0 Å². The molecule has 1 aliphatic carbocycles. The monoisotopic (exact) mass is 627 g/mol. The van der Waals surface area contributed by atoms with Crippen molar-refractivity contribution in [1.29, 1.82) is 0 Å². The molecule has 0 aromatic carbocycles. The van der Waals surface area contributed by atoms with Gasteiger partial charge in [-0.25, -0.2) is 18.4 Å². The molecule has 3 N–H and O–H groups in total. The van der Waals surface area contributed by atoms with Crippen molar-refractivity contribution in [2.75, 3.05) is 86.8 Å². The summed E-state index contributed by atoms with van der Waals surface area (Å²) in [6, 6.07) is 3.88. The maximum absolute atomic E-state index is 11.8. The molecule has 0 atom stereocenters. The molecular formula is C29H41N9O5S. The minimum Gasteiger partial charge on any atom is -0.489 e. The first-order valence-corrected chi connectivity index (χ1v) is 17.2. The van der Waals surface area contributed by atoms with Gasteiger partial charge in [-0.05, 0) is 31.7 Å². The van der Waals surface area contributed by atoms with Gasteiger partial charge in [0, 0.05) is 57.9 Å². The Morgan fingerprint density at radius 3 is 2.48 bits per heavy atom. The van der Waals surface area contributed by atoms with Crippen molar-refractivity contribution in [3.8, 4) is 11.6 Å². The van der Waals surface area contributed by atoms with Crippen LogP contribution in [-0.2, 0) is 14.8 Å². The van der Waals surface area contributed by atoms with Crippen molar-refractivity contribution in [3.63, 3.8) is 0 Å². The van der Waals surface area contributed by atoms with Crippen LogP contribution < -0.4 is 29.7 Å². The maximum atomic E-state index is 11.8. The number of fused-ring (bicyclic) bond motifs is 1. The lowest BCUT2D eigenvalue weighted by Crippen LogP contribution is -2.44. The fourth-order valence-electron chi connectivity index (χ4n) is 5.75. The molecule has 1 saturated carbocycles. The van der Waals surface area contributed by atoms with Crippen LogP contribution in [0.1, 0.15) is 25.7 Å². The van der Waals surface area contributed by atoms with Gasteiger partial charge in [0.25, 0.3) is 0 Å². The number of sulfonamides is 1. The van der Waals surface area contributed by atoms with E-state index in [-0.39, 0.29) is 12.1 Å². The van der Waals surface area contributed by atoms with Crippen LogP contribution in [-0.4, -0.2) is 117 Å². The summed E-state index contributed by atoms with van der Waals surface area (Å²) in [5.74, 6) is 2.50. The standard InChI is InChI=1S/C29H41N9O5S/c1-44(39,40)36-22-16-25-26(31-18-22)17-27(38-11-13-41-14-12-38)35-28(25)43-23-4-2-21(3-5-23)34-29-32-19-24(20-33-29)42-15-10-37-8-6-30-7-9-37/h16-21,23,30,36H,2-15H2,1H3,(H,32,33,34)/t21-,23+. The highest BCUT2D eigenvalue weighted by Gasteiger charge is 2.25. The second kappa shape index (κ2) is 14.1. The Balaban J connectivity index is 1.06. The van der Waals surface area contributed by atoms with Gasteiger partial charge in [-0.2, -0.15) is 4.98 Å². The average Bonchev–Trinajstić information content (AvgIpc) is 3.03. The van der Waals surface area contributed by atoms with Gasteiger partial charge in [0.2, 0.25) is 21.9 Å². The van der Waals surface area contributed by atoms with Gasteiger partial charge < -0.3 is 29.7 Å². The Hall–Kier alpha value is -3.53. The van der Waals surface area contributed by atoms with Crippen molar-refractivity contribution in [3.05, 3.63) is 30.7 Å². The van der Waals surface area contributed by atoms with Crippen molar-refractivity contribution in [1.82, 2.24) is 30.2 Å². The summed E-state index contributed by atoms with van der Waals surface area (Å²) >= 11 is 0. The number of piperazine rings is 1. The lowest BCUT2D eigenvalue weighted by atomic mass is 9.93. The van der Waals surface area contributed by atoms with Crippen LogP contribution in [0.2, 0.25) is 0 Å². The molecule has 44 heavy (non-hydrogen) atoms. The predicted molar refractivity (Wildman–Crippen MR) is 168 cm³/mol. The number of anilines is 3. The number of rotatable bonds is 11. The number of nitrogens with zero attached hydrogens (tertiary/aromatic N) is 6. The van der Waals surface area contributed by atoms with Gasteiger partial charge in [0.1, 0.15) is 18.5 Å². The number of pyridine rings is 2. The van der Waals surface area contributed by atoms with Gasteiger partial charge in [0.05, 0.1) is 54.7 Å². The van der Waals surface area contributed by atoms with E-state index in [0.29, 0.717) is 54.0 Å². The fraction of sp³-hybridized carbons (Fsp3) is 0.586. The third-order valence-electron chi connectivity index (χ3n) is 8.07. The summed E-state index contributed by atoms with van der Waals surface area (Å²) in [4.78, 5) is 22.9. The smallest absolute Gasteiger partial charge is 0.229 e. The van der Waals surface area contributed by atoms with Gasteiger partial charge in [0.15, 0.2) is 5.75 Å². The number of hydrogen-bond donors (Lipinski definition) is 3. The van der Waals surface area contributed by atoms with Crippen LogP contribution in [0.4, 0.5) is 17.5 Å². The summed E-state index contributed by atoms with van der Waals surface area (Å²) < 4.78 is 44.1. The highest BCUT2D eigenvalue weighted by atomic mass is 32.2. The molecule has 3 aromatic heterocycles. The number of aromatic nitrogens is 4. The quantitative estimate of drug-likeness (QED) is 0.283. The van der Waals surface area contributed by atoms with E-state index in [1.807, 2.05) is 6.07 Å². The molecule has 3 aromatic rings. The topological polar surface area (TPSA) is 156 Å². The van der Waals surface area contributed by atoms with Crippen LogP contribution in [0.25, 0.3) is 10.9 Å². The largest absolute Gasteiger partial charge is 0.489 e. The lowest BCUT2D eigenvalue weighted by Gasteiger charge is -2.31. The summed E-state index contributed by atoms with van der Waals surface area (Å²) in [7, 11) is -3.46. The first-order chi connectivity index (χ1) is 21.4. The van der Waals surface area contributed by atoms with E-state index in [1.54, 1.807) is 18.5 Å². The van der Waals surface area contributed by atoms with Crippen LogP contribution in [0.5, 0.6) is 11.6 Å². The second-order valence-electron chi connectivity index (χ2n) is 11.5. The van der Waals surface area contributed by atoms with Gasteiger partial charge in [-0.15, -0.1) is 0 Å². The zero-order valence-electron chi connectivity index (χ0n) is 25.1. The highest BCUT2D eigenvalue weighted by Crippen LogP contribution is 2.33. The molecule has 14 nitrogen and oxygen atoms in total. The molecule has 0 bridgehead atoms. The van der Waals surface area contributed by atoms with E-state index in [1.165, 1.54) is 6.20 Å². The summed E-state index contributed by atoms with van der Waals surface area (Å²) in [5.41, 5.74) is 1.06. The third kappa shape index (κ3) is 8.34. The molecular weight excluding hydrogens is 586 g/mol. The van der Waals surface area contributed by atoms with Gasteiger partial charge in [-0.1, -0.05) is 0 Å². The maximum Gasteiger partial charge on any atom is 0.229 e. The van der Waals surface area contributed by atoms with E-state index in [2.05, 4.69) is 40.1 Å². The first-order valence-electron chi connectivity index (χ1n) is 15.3. The number of nitrogens with one attached hydrogen (secondary N) is 3. The van der Waals surface area contributed by atoms with E-state index in [0.717, 1.165) is 83.6 Å². The van der Waals surface area contributed by atoms with Crippen molar-refractivity contribution >= 4 is 38.4 Å². The van der Waals surface area contributed by atoms with Crippen LogP contribution in [0.3, 0.4) is 0 Å². The molecule has 2 aliphatic heterocycles. The predicted octanol–water partition coefficient (Wildman–Crippen LogP) is 1.71. The Labute approximate surface area is 258 Å². The molecule has 3 aliphatic rings. The molecule has 238 valence electrons. The van der Waals surface area contributed by atoms with Crippen molar-refractivity contribution in [2.45, 2.75) is 37.8 Å². The van der Waals surface area contributed by atoms with Gasteiger partial charge >= 0.3 is 0 Å². The molecule has 0 spiro atoms. The Morgan fingerprint density at radius 1 is 1.00 bits per heavy atom. The molecule has 6 rings (SSSR count). The Kier molecular flexibility index (Phi) is 9.74. The SMILES string of the molecule is CS(=O)(=O)Nc1cnc2cc(N3CCOCC3)nc(O[C@H]3CC[C@@H](Nc4ncc(OCCN5CCNCC5)cn4)CC3)c2c1. The molecule has 3 fully saturated rings. The number of morpholine rings is 1. The Bertz CT molecular complexity index is 1490. The lowest BCUT2D eigenvalue weighted by molar-refractivity contribution is 0.122. The molecule has 0 amide bonds. The number of ether oxygens (including phenoxy) is 3. The van der Waals surface area contributed by atoms with E-state index in [9.17, 15) is 8.42 Å². The minimum absolute atomic E-state index is 0.0393. The van der Waals surface area contributed by atoms with E-state index in [4.69, 9.17) is 19.2 Å². The highest BCUT2D eigenvalue weighted by molar-refractivity contribution is 7.92.